The third-order valence-electron chi connectivity index (χ3n) is 4.27. The fourth-order valence-corrected chi connectivity index (χ4v) is 3.07. The van der Waals surface area contributed by atoms with Gasteiger partial charge in [0.1, 0.15) is 11.3 Å². The molecule has 0 saturated carbocycles. The van der Waals surface area contributed by atoms with E-state index in [0.717, 1.165) is 13.0 Å². The van der Waals surface area contributed by atoms with Crippen molar-refractivity contribution in [1.82, 2.24) is 10.5 Å². The zero-order valence-corrected chi connectivity index (χ0v) is 13.2. The third kappa shape index (κ3) is 2.58. The molecule has 1 atom stereocenters. The number of aromatic nitrogens is 1. The third-order valence-corrected chi connectivity index (χ3v) is 4.27. The SMILES string of the molecule is Cc1noc(C)c1C(=O)NCC(C)N1CCc2ccccc21. The van der Waals surface area contributed by atoms with E-state index in [2.05, 4.69) is 46.6 Å². The molecule has 1 aromatic carbocycles. The Hall–Kier alpha value is -2.30. The number of amides is 1. The summed E-state index contributed by atoms with van der Waals surface area (Å²) in [7, 11) is 0. The Morgan fingerprint density at radius 3 is 2.91 bits per heavy atom. The molecule has 1 aromatic heterocycles. The molecule has 0 bridgehead atoms. The van der Waals surface area contributed by atoms with Gasteiger partial charge in [-0.1, -0.05) is 23.4 Å². The quantitative estimate of drug-likeness (QED) is 0.942. The largest absolute Gasteiger partial charge is 0.366 e. The zero-order chi connectivity index (χ0) is 15.7. The highest BCUT2D eigenvalue weighted by molar-refractivity contribution is 5.96. The van der Waals surface area contributed by atoms with Gasteiger partial charge in [0.25, 0.3) is 5.91 Å². The van der Waals surface area contributed by atoms with Gasteiger partial charge in [-0.3, -0.25) is 4.79 Å². The standard InChI is InChI=1S/C17H21N3O2/c1-11(20-9-8-14-6-4-5-7-15(14)20)10-18-17(21)16-12(2)19-22-13(16)3/h4-7,11H,8-10H2,1-3H3,(H,18,21). The molecule has 116 valence electrons. The van der Waals surface area contributed by atoms with Crippen molar-refractivity contribution in [3.63, 3.8) is 0 Å². The lowest BCUT2D eigenvalue weighted by molar-refractivity contribution is 0.0949. The molecule has 2 heterocycles. The highest BCUT2D eigenvalue weighted by Crippen LogP contribution is 2.28. The molecule has 1 N–H and O–H groups in total. The second kappa shape index (κ2) is 5.83. The maximum atomic E-state index is 12.3. The van der Waals surface area contributed by atoms with Gasteiger partial charge >= 0.3 is 0 Å². The van der Waals surface area contributed by atoms with Crippen LogP contribution in [-0.2, 0) is 6.42 Å². The summed E-state index contributed by atoms with van der Waals surface area (Å²) in [6, 6.07) is 8.70. The molecule has 0 fully saturated rings. The molecule has 1 amide bonds. The number of hydrogen-bond acceptors (Lipinski definition) is 4. The van der Waals surface area contributed by atoms with E-state index in [1.54, 1.807) is 13.8 Å². The van der Waals surface area contributed by atoms with Crippen molar-refractivity contribution in [3.05, 3.63) is 46.8 Å². The number of anilines is 1. The van der Waals surface area contributed by atoms with E-state index in [1.165, 1.54) is 11.3 Å². The highest BCUT2D eigenvalue weighted by atomic mass is 16.5. The summed E-state index contributed by atoms with van der Waals surface area (Å²) in [5, 5.41) is 6.82. The van der Waals surface area contributed by atoms with Crippen LogP contribution in [0, 0.1) is 13.8 Å². The molecular weight excluding hydrogens is 278 g/mol. The second-order valence-electron chi connectivity index (χ2n) is 5.83. The predicted molar refractivity (Wildman–Crippen MR) is 85.3 cm³/mol. The molecule has 5 heteroatoms. The number of aryl methyl sites for hydroxylation is 2. The Morgan fingerprint density at radius 2 is 2.18 bits per heavy atom. The number of benzene rings is 1. The lowest BCUT2D eigenvalue weighted by atomic mass is 10.1. The smallest absolute Gasteiger partial charge is 0.256 e. The fraction of sp³-hybridized carbons (Fsp3) is 0.412. The highest BCUT2D eigenvalue weighted by Gasteiger charge is 2.24. The first-order valence-electron chi connectivity index (χ1n) is 7.63. The van der Waals surface area contributed by atoms with E-state index >= 15 is 0 Å². The lowest BCUT2D eigenvalue weighted by Gasteiger charge is -2.27. The zero-order valence-electron chi connectivity index (χ0n) is 13.2. The molecule has 1 aliphatic rings. The van der Waals surface area contributed by atoms with E-state index in [0.29, 0.717) is 23.6 Å². The summed E-state index contributed by atoms with van der Waals surface area (Å²) >= 11 is 0. The summed E-state index contributed by atoms with van der Waals surface area (Å²) in [6.45, 7) is 7.27. The maximum Gasteiger partial charge on any atom is 0.256 e. The van der Waals surface area contributed by atoms with Gasteiger partial charge in [0, 0.05) is 24.8 Å². The summed E-state index contributed by atoms with van der Waals surface area (Å²) in [5.74, 6) is 0.449. The molecular formula is C17H21N3O2. The van der Waals surface area contributed by atoms with Crippen LogP contribution in [0.3, 0.4) is 0 Å². The minimum absolute atomic E-state index is 0.115. The van der Waals surface area contributed by atoms with Gasteiger partial charge < -0.3 is 14.7 Å². The van der Waals surface area contributed by atoms with Crippen LogP contribution >= 0.6 is 0 Å². The lowest BCUT2D eigenvalue weighted by Crippen LogP contribution is -2.41. The van der Waals surface area contributed by atoms with Crippen LogP contribution in [0.25, 0.3) is 0 Å². The Kier molecular flexibility index (Phi) is 3.88. The first kappa shape index (κ1) is 14.6. The van der Waals surface area contributed by atoms with Gasteiger partial charge in [-0.15, -0.1) is 0 Å². The Morgan fingerprint density at radius 1 is 1.41 bits per heavy atom. The van der Waals surface area contributed by atoms with E-state index in [1.807, 2.05) is 0 Å². The van der Waals surface area contributed by atoms with Crippen LogP contribution in [-0.4, -0.2) is 30.2 Å². The Bertz CT molecular complexity index is 673. The molecule has 2 aromatic rings. The number of rotatable bonds is 4. The molecule has 0 aliphatic carbocycles. The van der Waals surface area contributed by atoms with Crippen molar-refractivity contribution >= 4 is 11.6 Å². The summed E-state index contributed by atoms with van der Waals surface area (Å²) < 4.78 is 5.05. The number of nitrogens with zero attached hydrogens (tertiary/aromatic N) is 2. The molecule has 0 saturated heterocycles. The molecule has 3 rings (SSSR count). The minimum Gasteiger partial charge on any atom is -0.366 e. The molecule has 1 unspecified atom stereocenters. The van der Waals surface area contributed by atoms with Crippen molar-refractivity contribution in [2.75, 3.05) is 18.0 Å². The van der Waals surface area contributed by atoms with Crippen LogP contribution in [0.1, 0.15) is 34.3 Å². The van der Waals surface area contributed by atoms with Gasteiger partial charge in [0.2, 0.25) is 0 Å². The van der Waals surface area contributed by atoms with Gasteiger partial charge in [-0.05, 0) is 38.8 Å². The van der Waals surface area contributed by atoms with Crippen molar-refractivity contribution in [2.45, 2.75) is 33.2 Å². The molecule has 5 nitrogen and oxygen atoms in total. The van der Waals surface area contributed by atoms with Gasteiger partial charge in [-0.2, -0.15) is 0 Å². The number of fused-ring (bicyclic) bond motifs is 1. The van der Waals surface area contributed by atoms with Crippen molar-refractivity contribution in [3.8, 4) is 0 Å². The van der Waals surface area contributed by atoms with E-state index in [4.69, 9.17) is 4.52 Å². The number of para-hydroxylation sites is 1. The summed E-state index contributed by atoms with van der Waals surface area (Å²) in [4.78, 5) is 14.6. The molecule has 22 heavy (non-hydrogen) atoms. The average molecular weight is 299 g/mol. The Labute approximate surface area is 130 Å². The summed E-state index contributed by atoms with van der Waals surface area (Å²) in [5.41, 5.74) is 3.84. The van der Waals surface area contributed by atoms with E-state index in [9.17, 15) is 4.79 Å². The first-order valence-corrected chi connectivity index (χ1v) is 7.63. The molecule has 0 spiro atoms. The summed E-state index contributed by atoms with van der Waals surface area (Å²) in [6.07, 6.45) is 1.07. The number of hydrogen-bond donors (Lipinski definition) is 1. The average Bonchev–Trinajstić information content (AvgIpc) is 3.08. The van der Waals surface area contributed by atoms with Crippen LogP contribution < -0.4 is 10.2 Å². The second-order valence-corrected chi connectivity index (χ2v) is 5.83. The minimum atomic E-state index is -0.115. The van der Waals surface area contributed by atoms with Crippen molar-refractivity contribution < 1.29 is 9.32 Å². The predicted octanol–water partition coefficient (Wildman–Crippen LogP) is 2.47. The maximum absolute atomic E-state index is 12.3. The van der Waals surface area contributed by atoms with Gasteiger partial charge in [0.15, 0.2) is 0 Å². The van der Waals surface area contributed by atoms with E-state index < -0.39 is 0 Å². The number of nitrogens with one attached hydrogen (secondary N) is 1. The van der Waals surface area contributed by atoms with E-state index in [-0.39, 0.29) is 11.9 Å². The Balaban J connectivity index is 1.64. The first-order chi connectivity index (χ1) is 10.6. The number of carbonyl (C=O) groups excluding carboxylic acids is 1. The van der Waals surface area contributed by atoms with Crippen LogP contribution in [0.5, 0.6) is 0 Å². The normalized spacial score (nSPS) is 14.8. The van der Waals surface area contributed by atoms with Gasteiger partial charge in [-0.25, -0.2) is 0 Å². The molecule has 0 radical (unpaired) electrons. The van der Waals surface area contributed by atoms with Crippen LogP contribution in [0.15, 0.2) is 28.8 Å². The van der Waals surface area contributed by atoms with Gasteiger partial charge in [0.05, 0.1) is 5.69 Å². The number of carbonyl (C=O) groups is 1. The monoisotopic (exact) mass is 299 g/mol. The van der Waals surface area contributed by atoms with Crippen LogP contribution in [0.2, 0.25) is 0 Å². The molecule has 1 aliphatic heterocycles. The van der Waals surface area contributed by atoms with Crippen molar-refractivity contribution in [1.29, 1.82) is 0 Å². The van der Waals surface area contributed by atoms with Crippen LogP contribution in [0.4, 0.5) is 5.69 Å². The van der Waals surface area contributed by atoms with Crippen molar-refractivity contribution in [2.24, 2.45) is 0 Å². The fourth-order valence-electron chi connectivity index (χ4n) is 3.07. The topological polar surface area (TPSA) is 58.4 Å².